The molecule has 0 aromatic heterocycles. The molecule has 0 amide bonds. The summed E-state index contributed by atoms with van der Waals surface area (Å²) in [6, 6.07) is 12.9. The van der Waals surface area contributed by atoms with Gasteiger partial charge in [0.05, 0.1) is 45.0 Å². The lowest BCUT2D eigenvalue weighted by Gasteiger charge is -2.38. The molecule has 1 saturated heterocycles. The maximum absolute atomic E-state index is 13.4. The Bertz CT molecular complexity index is 1540. The lowest BCUT2D eigenvalue weighted by molar-refractivity contribution is -0.141. The first-order valence-electron chi connectivity index (χ1n) is 12.8. The van der Waals surface area contributed by atoms with Gasteiger partial charge < -0.3 is 38.3 Å². The molecule has 0 unspecified atom stereocenters. The number of esters is 2. The number of ether oxygens (including phenoxy) is 7. The number of fused-ring (bicyclic) bond motifs is 3. The lowest BCUT2D eigenvalue weighted by atomic mass is 9.66. The predicted octanol–water partition coefficient (Wildman–Crippen LogP) is 3.97. The normalized spacial score (nSPS) is 21.8. The number of carbonyl (C=O) groups is 3. The Hall–Kier alpha value is -4.93. The SMILES string of the molecule is COc1cc([C@H]2c3cc4c(cc3[C@H](OC(=O)c3ccccc3C(=O)O)[C@H]3COC(=O)[C@H]23)OCO4)cc(OC)c1OC. The Morgan fingerprint density at radius 3 is 2.10 bits per heavy atom. The standard InChI is InChI=1S/C30H26O11/c1-35-22-8-14(9-23(36-2)27(22)37-3)24-17-10-20-21(40-13-39-20)11-18(17)26(19-12-38-30(34)25(19)24)41-29(33)16-7-5-4-6-15(16)28(31)32/h4-11,19,24-26H,12-13H2,1-3H3,(H,31,32)/t19-,24-,25-,26-/m0/s1. The third-order valence-corrected chi connectivity index (χ3v) is 7.78. The summed E-state index contributed by atoms with van der Waals surface area (Å²) in [4.78, 5) is 38.5. The lowest BCUT2D eigenvalue weighted by Crippen LogP contribution is -2.36. The zero-order valence-corrected chi connectivity index (χ0v) is 22.4. The van der Waals surface area contributed by atoms with Gasteiger partial charge in [-0.2, -0.15) is 0 Å². The van der Waals surface area contributed by atoms with E-state index >= 15 is 0 Å². The maximum Gasteiger partial charge on any atom is 0.339 e. The molecule has 0 saturated carbocycles. The van der Waals surface area contributed by atoms with E-state index in [1.165, 1.54) is 39.5 Å². The zero-order valence-electron chi connectivity index (χ0n) is 22.4. The summed E-state index contributed by atoms with van der Waals surface area (Å²) in [5.41, 5.74) is 1.65. The van der Waals surface area contributed by atoms with Crippen molar-refractivity contribution in [2.75, 3.05) is 34.7 Å². The minimum absolute atomic E-state index is 0.00314. The van der Waals surface area contributed by atoms with Gasteiger partial charge in [-0.25, -0.2) is 9.59 Å². The van der Waals surface area contributed by atoms with Crippen LogP contribution < -0.4 is 23.7 Å². The van der Waals surface area contributed by atoms with Gasteiger partial charge in [-0.15, -0.1) is 0 Å². The van der Waals surface area contributed by atoms with Crippen LogP contribution in [-0.2, 0) is 14.3 Å². The molecule has 0 radical (unpaired) electrons. The highest BCUT2D eigenvalue weighted by Crippen LogP contribution is 2.56. The van der Waals surface area contributed by atoms with E-state index in [0.29, 0.717) is 45.4 Å². The molecular weight excluding hydrogens is 536 g/mol. The van der Waals surface area contributed by atoms with Crippen molar-refractivity contribution in [1.29, 1.82) is 0 Å². The number of carboxylic acids is 1. The third kappa shape index (κ3) is 4.24. The number of cyclic esters (lactones) is 1. The fraction of sp³-hybridized carbons (Fsp3) is 0.300. The molecule has 0 bridgehead atoms. The van der Waals surface area contributed by atoms with Crippen molar-refractivity contribution in [2.24, 2.45) is 11.8 Å². The van der Waals surface area contributed by atoms with E-state index in [-0.39, 0.29) is 24.5 Å². The Kier molecular flexibility index (Phi) is 6.56. The van der Waals surface area contributed by atoms with Gasteiger partial charge in [0.15, 0.2) is 23.0 Å². The Labute approximate surface area is 234 Å². The molecule has 6 rings (SSSR count). The molecule has 41 heavy (non-hydrogen) atoms. The number of benzene rings is 3. The molecular formula is C30H26O11. The molecule has 1 N–H and O–H groups in total. The van der Waals surface area contributed by atoms with E-state index < -0.39 is 41.8 Å². The first kappa shape index (κ1) is 26.3. The fourth-order valence-corrected chi connectivity index (χ4v) is 5.97. The van der Waals surface area contributed by atoms with E-state index in [1.807, 2.05) is 0 Å². The van der Waals surface area contributed by atoms with Gasteiger partial charge in [-0.1, -0.05) is 12.1 Å². The third-order valence-electron chi connectivity index (χ3n) is 7.78. The smallest absolute Gasteiger partial charge is 0.339 e. The zero-order chi connectivity index (χ0) is 28.8. The topological polar surface area (TPSA) is 136 Å². The average Bonchev–Trinajstić information content (AvgIpc) is 3.61. The van der Waals surface area contributed by atoms with Crippen LogP contribution in [-0.4, -0.2) is 57.7 Å². The summed E-state index contributed by atoms with van der Waals surface area (Å²) in [6.45, 7) is 0.00917. The fourth-order valence-electron chi connectivity index (χ4n) is 5.97. The minimum Gasteiger partial charge on any atom is -0.493 e. The van der Waals surface area contributed by atoms with Crippen LogP contribution in [0.1, 0.15) is 49.4 Å². The summed E-state index contributed by atoms with van der Waals surface area (Å²) in [5.74, 6) is -2.29. The van der Waals surface area contributed by atoms with Gasteiger partial charge in [0, 0.05) is 17.4 Å². The maximum atomic E-state index is 13.4. The Balaban J connectivity index is 1.52. The van der Waals surface area contributed by atoms with Crippen molar-refractivity contribution in [2.45, 2.75) is 12.0 Å². The van der Waals surface area contributed by atoms with E-state index in [9.17, 15) is 19.5 Å². The van der Waals surface area contributed by atoms with Crippen LogP contribution in [0.5, 0.6) is 28.7 Å². The first-order chi connectivity index (χ1) is 19.9. The molecule has 3 aliphatic rings. The summed E-state index contributed by atoms with van der Waals surface area (Å²) in [5, 5.41) is 9.62. The molecule has 4 atom stereocenters. The number of hydrogen-bond donors (Lipinski definition) is 1. The van der Waals surface area contributed by atoms with Crippen molar-refractivity contribution in [1.82, 2.24) is 0 Å². The highest BCUT2D eigenvalue weighted by Gasteiger charge is 2.54. The molecule has 2 heterocycles. The van der Waals surface area contributed by atoms with Gasteiger partial charge >= 0.3 is 17.9 Å². The van der Waals surface area contributed by atoms with Crippen LogP contribution in [0.25, 0.3) is 0 Å². The van der Waals surface area contributed by atoms with Crippen LogP contribution >= 0.6 is 0 Å². The quantitative estimate of drug-likeness (QED) is 0.419. The van der Waals surface area contributed by atoms with E-state index in [4.69, 9.17) is 33.2 Å². The number of methoxy groups -OCH3 is 3. The molecule has 3 aromatic carbocycles. The minimum atomic E-state index is -1.26. The average molecular weight is 563 g/mol. The summed E-state index contributed by atoms with van der Waals surface area (Å²) < 4.78 is 39.5. The first-order valence-corrected chi connectivity index (χ1v) is 12.8. The van der Waals surface area contributed by atoms with Gasteiger partial charge in [-0.05, 0) is 47.5 Å². The second kappa shape index (κ2) is 10.2. The van der Waals surface area contributed by atoms with Gasteiger partial charge in [-0.3, -0.25) is 4.79 Å². The molecule has 0 spiro atoms. The predicted molar refractivity (Wildman–Crippen MR) is 140 cm³/mol. The largest absolute Gasteiger partial charge is 0.493 e. The van der Waals surface area contributed by atoms with Crippen molar-refractivity contribution in [3.05, 3.63) is 76.3 Å². The monoisotopic (exact) mass is 562 g/mol. The number of hydrogen-bond acceptors (Lipinski definition) is 10. The van der Waals surface area contributed by atoms with Crippen molar-refractivity contribution >= 4 is 17.9 Å². The summed E-state index contributed by atoms with van der Waals surface area (Å²) in [6.07, 6.45) is -0.941. The molecule has 212 valence electrons. The summed E-state index contributed by atoms with van der Waals surface area (Å²) in [7, 11) is 4.51. The Morgan fingerprint density at radius 1 is 0.854 bits per heavy atom. The Morgan fingerprint density at radius 2 is 1.49 bits per heavy atom. The molecule has 1 fully saturated rings. The summed E-state index contributed by atoms with van der Waals surface area (Å²) >= 11 is 0. The van der Waals surface area contributed by atoms with Gasteiger partial charge in [0.2, 0.25) is 12.5 Å². The molecule has 3 aromatic rings. The second-order valence-electron chi connectivity index (χ2n) is 9.77. The number of rotatable bonds is 7. The number of carbonyl (C=O) groups excluding carboxylic acids is 2. The van der Waals surface area contributed by atoms with Crippen molar-refractivity contribution in [3.63, 3.8) is 0 Å². The van der Waals surface area contributed by atoms with Crippen molar-refractivity contribution in [3.8, 4) is 28.7 Å². The molecule has 1 aliphatic carbocycles. The van der Waals surface area contributed by atoms with Crippen LogP contribution in [0, 0.1) is 11.8 Å². The highest BCUT2D eigenvalue weighted by atomic mass is 16.7. The highest BCUT2D eigenvalue weighted by molar-refractivity contribution is 6.02. The number of aromatic carboxylic acids is 1. The van der Waals surface area contributed by atoms with Crippen LogP contribution in [0.4, 0.5) is 0 Å². The number of carboxylic acid groups (broad SMARTS) is 1. The van der Waals surface area contributed by atoms with Crippen LogP contribution in [0.3, 0.4) is 0 Å². The van der Waals surface area contributed by atoms with Gasteiger partial charge in [0.25, 0.3) is 0 Å². The van der Waals surface area contributed by atoms with Crippen LogP contribution in [0.15, 0.2) is 48.5 Å². The van der Waals surface area contributed by atoms with Gasteiger partial charge in [0.1, 0.15) is 6.10 Å². The molecule has 2 aliphatic heterocycles. The van der Waals surface area contributed by atoms with Crippen LogP contribution in [0.2, 0.25) is 0 Å². The van der Waals surface area contributed by atoms with Crippen molar-refractivity contribution < 1.29 is 52.6 Å². The second-order valence-corrected chi connectivity index (χ2v) is 9.77. The van der Waals surface area contributed by atoms with E-state index in [1.54, 1.807) is 30.3 Å². The molecule has 11 heteroatoms. The van der Waals surface area contributed by atoms with E-state index in [2.05, 4.69) is 0 Å². The molecule has 11 nitrogen and oxygen atoms in total. The van der Waals surface area contributed by atoms with E-state index in [0.717, 1.165) is 0 Å².